The van der Waals surface area contributed by atoms with Crippen LogP contribution in [-0.4, -0.2) is 22.5 Å². The van der Waals surface area contributed by atoms with Crippen molar-refractivity contribution in [1.82, 2.24) is 0 Å². The lowest BCUT2D eigenvalue weighted by Gasteiger charge is -2.23. The van der Waals surface area contributed by atoms with E-state index in [-0.39, 0.29) is 28.0 Å². The summed E-state index contributed by atoms with van der Waals surface area (Å²) in [6, 6.07) is 2.45. The summed E-state index contributed by atoms with van der Waals surface area (Å²) in [7, 11) is 0. The Hall–Kier alpha value is -1.53. The topological polar surface area (TPSA) is 92.5 Å². The van der Waals surface area contributed by atoms with Crippen LogP contribution in [0.3, 0.4) is 0 Å². The highest BCUT2D eigenvalue weighted by molar-refractivity contribution is 6.42. The van der Waals surface area contributed by atoms with Crippen molar-refractivity contribution in [2.45, 2.75) is 20.3 Å². The summed E-state index contributed by atoms with van der Waals surface area (Å²) in [5, 5.41) is 23.1. The van der Waals surface area contributed by atoms with Gasteiger partial charge in [0.15, 0.2) is 0 Å². The minimum atomic E-state index is -1.03. The van der Waals surface area contributed by atoms with Gasteiger partial charge in [0, 0.05) is 12.6 Å². The molecule has 0 aliphatic carbocycles. The molecule has 2 N–H and O–H groups in total. The van der Waals surface area contributed by atoms with Crippen molar-refractivity contribution in [2.24, 2.45) is 5.41 Å². The number of nitro benzene ring substituents is 1. The number of nitro groups is 1. The van der Waals surface area contributed by atoms with Crippen molar-refractivity contribution in [3.63, 3.8) is 0 Å². The van der Waals surface area contributed by atoms with Crippen LogP contribution in [0.25, 0.3) is 0 Å². The predicted octanol–water partition coefficient (Wildman–Crippen LogP) is 3.81. The van der Waals surface area contributed by atoms with Gasteiger partial charge in [0.2, 0.25) is 0 Å². The van der Waals surface area contributed by atoms with Gasteiger partial charge in [-0.2, -0.15) is 0 Å². The minimum absolute atomic E-state index is 0.0393. The molecule has 6 nitrogen and oxygen atoms in total. The van der Waals surface area contributed by atoms with Gasteiger partial charge < -0.3 is 10.4 Å². The summed E-state index contributed by atoms with van der Waals surface area (Å²) in [6.45, 7) is 3.34. The normalized spacial score (nSPS) is 13.6. The van der Waals surface area contributed by atoms with E-state index >= 15 is 0 Å². The summed E-state index contributed by atoms with van der Waals surface area (Å²) in [6.07, 6.45) is 0.379. The Labute approximate surface area is 125 Å². The van der Waals surface area contributed by atoms with Crippen LogP contribution in [0.4, 0.5) is 11.4 Å². The van der Waals surface area contributed by atoms with Crippen molar-refractivity contribution in [3.8, 4) is 0 Å². The number of carboxylic acids is 1. The van der Waals surface area contributed by atoms with Crippen molar-refractivity contribution in [1.29, 1.82) is 0 Å². The number of hydrogen-bond donors (Lipinski definition) is 2. The van der Waals surface area contributed by atoms with Crippen LogP contribution < -0.4 is 5.32 Å². The van der Waals surface area contributed by atoms with Crippen molar-refractivity contribution in [2.75, 3.05) is 11.9 Å². The van der Waals surface area contributed by atoms with Gasteiger partial charge in [0.1, 0.15) is 5.69 Å². The van der Waals surface area contributed by atoms with Crippen LogP contribution in [0.15, 0.2) is 12.1 Å². The van der Waals surface area contributed by atoms with E-state index in [1.807, 2.05) is 0 Å². The molecule has 0 aliphatic heterocycles. The monoisotopic (exact) mass is 320 g/mol. The van der Waals surface area contributed by atoms with Gasteiger partial charge >= 0.3 is 5.97 Å². The van der Waals surface area contributed by atoms with Crippen molar-refractivity contribution < 1.29 is 14.8 Å². The minimum Gasteiger partial charge on any atom is -0.481 e. The lowest BCUT2D eigenvalue weighted by atomic mass is 9.87. The number of benzene rings is 1. The lowest BCUT2D eigenvalue weighted by Crippen LogP contribution is -2.34. The molecule has 0 saturated heterocycles. The molecule has 0 bridgehead atoms. The van der Waals surface area contributed by atoms with Crippen LogP contribution in [0.5, 0.6) is 0 Å². The van der Waals surface area contributed by atoms with Gasteiger partial charge in [-0.3, -0.25) is 14.9 Å². The van der Waals surface area contributed by atoms with E-state index in [0.717, 1.165) is 6.07 Å². The van der Waals surface area contributed by atoms with Crippen LogP contribution >= 0.6 is 23.2 Å². The Morgan fingerprint density at radius 2 is 2.00 bits per heavy atom. The third-order valence-corrected chi connectivity index (χ3v) is 3.92. The van der Waals surface area contributed by atoms with E-state index < -0.39 is 16.3 Å². The summed E-state index contributed by atoms with van der Waals surface area (Å²) < 4.78 is 0. The highest BCUT2D eigenvalue weighted by atomic mass is 35.5. The molecular weight excluding hydrogens is 307 g/mol. The fourth-order valence-corrected chi connectivity index (χ4v) is 1.79. The van der Waals surface area contributed by atoms with E-state index in [2.05, 4.69) is 5.32 Å². The molecule has 0 radical (unpaired) electrons. The first kappa shape index (κ1) is 16.5. The van der Waals surface area contributed by atoms with Crippen molar-refractivity contribution >= 4 is 40.5 Å². The molecule has 8 heteroatoms. The first-order valence-electron chi connectivity index (χ1n) is 5.82. The molecule has 110 valence electrons. The standard InChI is InChI=1S/C12H14Cl2N2O4/c1-3-12(2,11(17)18)6-15-9-4-7(13)8(14)5-10(9)16(19)20/h4-5,15H,3,6H2,1-2H3,(H,17,18). The largest absolute Gasteiger partial charge is 0.481 e. The van der Waals surface area contributed by atoms with E-state index in [4.69, 9.17) is 28.3 Å². The number of nitrogens with zero attached hydrogens (tertiary/aromatic N) is 1. The van der Waals surface area contributed by atoms with Crippen LogP contribution in [0.2, 0.25) is 10.0 Å². The molecule has 20 heavy (non-hydrogen) atoms. The second-order valence-corrected chi connectivity index (χ2v) is 5.43. The van der Waals surface area contributed by atoms with Gasteiger partial charge in [0.05, 0.1) is 20.4 Å². The lowest BCUT2D eigenvalue weighted by molar-refractivity contribution is -0.383. The molecule has 1 rings (SSSR count). The predicted molar refractivity (Wildman–Crippen MR) is 77.6 cm³/mol. The number of rotatable bonds is 6. The van der Waals surface area contributed by atoms with Crippen LogP contribution in [-0.2, 0) is 4.79 Å². The number of aliphatic carboxylic acids is 1. The Bertz CT molecular complexity index is 551. The maximum Gasteiger partial charge on any atom is 0.311 e. The average Bonchev–Trinajstić information content (AvgIpc) is 2.38. The SMILES string of the molecule is CCC(C)(CNc1cc(Cl)c(Cl)cc1[N+](=O)[O-])C(=O)O. The maximum atomic E-state index is 11.2. The molecule has 0 amide bonds. The second-order valence-electron chi connectivity index (χ2n) is 4.61. The average molecular weight is 321 g/mol. The van der Waals surface area contributed by atoms with E-state index in [0.29, 0.717) is 6.42 Å². The van der Waals surface area contributed by atoms with Gasteiger partial charge in [-0.15, -0.1) is 0 Å². The van der Waals surface area contributed by atoms with E-state index in [1.54, 1.807) is 13.8 Å². The molecule has 0 saturated carbocycles. The zero-order chi connectivity index (χ0) is 15.5. The molecule has 1 atom stereocenters. The smallest absolute Gasteiger partial charge is 0.311 e. The van der Waals surface area contributed by atoms with Gasteiger partial charge in [-0.05, 0) is 19.4 Å². The molecule has 1 unspecified atom stereocenters. The fourth-order valence-electron chi connectivity index (χ4n) is 1.47. The molecule has 0 fully saturated rings. The Balaban J connectivity index is 3.06. The number of halogens is 2. The maximum absolute atomic E-state index is 11.2. The first-order chi connectivity index (χ1) is 9.21. The number of hydrogen-bond acceptors (Lipinski definition) is 4. The summed E-state index contributed by atoms with van der Waals surface area (Å²) in [5.41, 5.74) is -1.13. The highest BCUT2D eigenvalue weighted by Gasteiger charge is 2.31. The third-order valence-electron chi connectivity index (χ3n) is 3.20. The molecule has 0 spiro atoms. The number of carboxylic acid groups (broad SMARTS) is 1. The van der Waals surface area contributed by atoms with Crippen LogP contribution in [0, 0.1) is 15.5 Å². The van der Waals surface area contributed by atoms with Gasteiger partial charge in [-0.1, -0.05) is 30.1 Å². The summed E-state index contributed by atoms with van der Waals surface area (Å²) in [4.78, 5) is 21.6. The molecular formula is C12H14Cl2N2O4. The zero-order valence-electron chi connectivity index (χ0n) is 10.9. The zero-order valence-corrected chi connectivity index (χ0v) is 12.5. The molecule has 0 aromatic heterocycles. The molecule has 1 aromatic carbocycles. The van der Waals surface area contributed by atoms with Gasteiger partial charge in [0.25, 0.3) is 5.69 Å². The summed E-state index contributed by atoms with van der Waals surface area (Å²) in [5.74, 6) is -0.977. The molecule has 0 aliphatic rings. The molecule has 0 heterocycles. The van der Waals surface area contributed by atoms with Gasteiger partial charge in [-0.25, -0.2) is 0 Å². The van der Waals surface area contributed by atoms with E-state index in [9.17, 15) is 14.9 Å². The fraction of sp³-hybridized carbons (Fsp3) is 0.417. The van der Waals surface area contributed by atoms with Crippen LogP contribution in [0.1, 0.15) is 20.3 Å². The summed E-state index contributed by atoms with van der Waals surface area (Å²) >= 11 is 11.6. The van der Waals surface area contributed by atoms with E-state index in [1.165, 1.54) is 6.07 Å². The Morgan fingerprint density at radius 3 is 2.45 bits per heavy atom. The molecule has 1 aromatic rings. The van der Waals surface area contributed by atoms with Crippen molar-refractivity contribution in [3.05, 3.63) is 32.3 Å². The highest BCUT2D eigenvalue weighted by Crippen LogP contribution is 2.35. The quantitative estimate of drug-likeness (QED) is 0.614. The Morgan fingerprint density at radius 1 is 1.45 bits per heavy atom. The number of nitrogens with one attached hydrogen (secondary N) is 1. The number of anilines is 1. The Kier molecular flexibility index (Phi) is 5.19. The number of carbonyl (C=O) groups is 1. The second kappa shape index (κ2) is 6.28. The first-order valence-corrected chi connectivity index (χ1v) is 6.57. The third kappa shape index (κ3) is 3.52.